The van der Waals surface area contributed by atoms with Crippen LogP contribution in [0, 0.1) is 0 Å². The second-order valence-electron chi connectivity index (χ2n) is 6.61. The normalized spacial score (nSPS) is 15.6. The van der Waals surface area contributed by atoms with Crippen molar-refractivity contribution in [1.82, 2.24) is 10.6 Å². The molecule has 25 heavy (non-hydrogen) atoms. The molecule has 2 N–H and O–H groups in total. The van der Waals surface area contributed by atoms with Crippen molar-refractivity contribution in [3.63, 3.8) is 0 Å². The number of rotatable bonds is 6. The maximum atomic E-state index is 11.6. The summed E-state index contributed by atoms with van der Waals surface area (Å²) in [6.45, 7) is 6.21. The van der Waals surface area contributed by atoms with E-state index in [1.54, 1.807) is 0 Å². The van der Waals surface area contributed by atoms with E-state index in [4.69, 9.17) is 9.47 Å². The smallest absolute Gasteiger partial charge is 0.407 e. The Morgan fingerprint density at radius 3 is 2.64 bits per heavy atom. The number of carbonyl (C=O) groups excluding carboxylic acids is 2. The molecule has 134 valence electrons. The van der Waals surface area contributed by atoms with Crippen molar-refractivity contribution in [2.24, 2.45) is 0 Å². The molecule has 0 radical (unpaired) electrons. The van der Waals surface area contributed by atoms with Gasteiger partial charge in [-0.05, 0) is 32.8 Å². The predicted molar refractivity (Wildman–Crippen MR) is 94.4 cm³/mol. The molecule has 6 heteroatoms. The van der Waals surface area contributed by atoms with E-state index < -0.39 is 11.7 Å². The van der Waals surface area contributed by atoms with Gasteiger partial charge in [0.25, 0.3) is 5.91 Å². The SMILES string of the molecule is CC(C)(C)OC(=O)NCC/C=C1/NC(=O)C=C1OCc1ccccc1. The molecule has 2 rings (SSSR count). The summed E-state index contributed by atoms with van der Waals surface area (Å²) in [5, 5.41) is 5.40. The van der Waals surface area contributed by atoms with E-state index in [2.05, 4.69) is 10.6 Å². The van der Waals surface area contributed by atoms with Crippen LogP contribution >= 0.6 is 0 Å². The fourth-order valence-corrected chi connectivity index (χ4v) is 2.14. The molecule has 2 amide bonds. The lowest BCUT2D eigenvalue weighted by molar-refractivity contribution is -0.115. The summed E-state index contributed by atoms with van der Waals surface area (Å²) < 4.78 is 10.9. The van der Waals surface area contributed by atoms with E-state index in [0.717, 1.165) is 5.56 Å². The molecule has 0 spiro atoms. The first-order valence-electron chi connectivity index (χ1n) is 8.20. The summed E-state index contributed by atoms with van der Waals surface area (Å²) in [4.78, 5) is 23.1. The first-order chi connectivity index (χ1) is 11.8. The number of ether oxygens (including phenoxy) is 2. The molecule has 0 saturated heterocycles. The number of amides is 2. The van der Waals surface area contributed by atoms with Gasteiger partial charge in [0.15, 0.2) is 0 Å². The Morgan fingerprint density at radius 2 is 1.96 bits per heavy atom. The average molecular weight is 344 g/mol. The molecule has 0 unspecified atom stereocenters. The summed E-state index contributed by atoms with van der Waals surface area (Å²) >= 11 is 0. The molecule has 1 aromatic rings. The lowest BCUT2D eigenvalue weighted by Crippen LogP contribution is -2.32. The van der Waals surface area contributed by atoms with Gasteiger partial charge in [0.2, 0.25) is 0 Å². The van der Waals surface area contributed by atoms with Gasteiger partial charge in [-0.15, -0.1) is 0 Å². The summed E-state index contributed by atoms with van der Waals surface area (Å²) in [6.07, 6.45) is 3.33. The molecule has 0 atom stereocenters. The standard InChI is InChI=1S/C19H24N2O4/c1-19(2,3)25-18(23)20-11-7-10-15-16(12-17(22)21-15)24-13-14-8-5-4-6-9-14/h4-6,8-10,12H,7,11,13H2,1-3H3,(H,20,23)(H,21,22)/b15-10+. The molecule has 1 aromatic carbocycles. The summed E-state index contributed by atoms with van der Waals surface area (Å²) in [6, 6.07) is 9.72. The number of hydrogen-bond donors (Lipinski definition) is 2. The van der Waals surface area contributed by atoms with Crippen LogP contribution in [0.5, 0.6) is 0 Å². The van der Waals surface area contributed by atoms with Gasteiger partial charge in [-0.3, -0.25) is 4.79 Å². The molecule has 0 aliphatic carbocycles. The minimum absolute atomic E-state index is 0.214. The Labute approximate surface area is 147 Å². The lowest BCUT2D eigenvalue weighted by Gasteiger charge is -2.19. The zero-order valence-corrected chi connectivity index (χ0v) is 14.8. The molecule has 0 aromatic heterocycles. The highest BCUT2D eigenvalue weighted by atomic mass is 16.6. The average Bonchev–Trinajstić information content (AvgIpc) is 2.89. The molecule has 1 aliphatic heterocycles. The lowest BCUT2D eigenvalue weighted by atomic mass is 10.2. The van der Waals surface area contributed by atoms with E-state index in [9.17, 15) is 9.59 Å². The van der Waals surface area contributed by atoms with Crippen LogP contribution in [0.4, 0.5) is 4.79 Å². The molecule has 1 aliphatic rings. The molecule has 6 nitrogen and oxygen atoms in total. The Hall–Kier alpha value is -2.76. The zero-order chi connectivity index (χ0) is 18.3. The highest BCUT2D eigenvalue weighted by Gasteiger charge is 2.19. The van der Waals surface area contributed by atoms with Crippen molar-refractivity contribution in [3.05, 3.63) is 59.5 Å². The molecular formula is C19H24N2O4. The van der Waals surface area contributed by atoms with Crippen LogP contribution in [0.1, 0.15) is 32.8 Å². The number of alkyl carbamates (subject to hydrolysis) is 1. The Kier molecular flexibility index (Phi) is 6.22. The van der Waals surface area contributed by atoms with Crippen molar-refractivity contribution in [1.29, 1.82) is 0 Å². The van der Waals surface area contributed by atoms with Gasteiger partial charge in [-0.25, -0.2) is 4.79 Å². The Bertz CT molecular complexity index is 672. The topological polar surface area (TPSA) is 76.7 Å². The first kappa shape index (κ1) is 18.6. The number of benzene rings is 1. The van der Waals surface area contributed by atoms with Crippen molar-refractivity contribution in [2.75, 3.05) is 6.54 Å². The van der Waals surface area contributed by atoms with E-state index in [1.807, 2.05) is 57.2 Å². The van der Waals surface area contributed by atoms with E-state index >= 15 is 0 Å². The monoisotopic (exact) mass is 344 g/mol. The maximum Gasteiger partial charge on any atom is 0.407 e. The minimum atomic E-state index is -0.525. The fraction of sp³-hybridized carbons (Fsp3) is 0.368. The largest absolute Gasteiger partial charge is 0.487 e. The highest BCUT2D eigenvalue weighted by molar-refractivity contribution is 5.94. The number of nitrogens with one attached hydrogen (secondary N) is 2. The van der Waals surface area contributed by atoms with Crippen LogP contribution in [-0.2, 0) is 20.9 Å². The molecule has 0 fully saturated rings. The van der Waals surface area contributed by atoms with E-state index in [-0.39, 0.29) is 5.91 Å². The molecule has 0 bridgehead atoms. The molecule has 1 heterocycles. The van der Waals surface area contributed by atoms with Crippen LogP contribution in [-0.4, -0.2) is 24.1 Å². The molecule has 0 saturated carbocycles. The Balaban J connectivity index is 1.81. The van der Waals surface area contributed by atoms with Gasteiger partial charge < -0.3 is 20.1 Å². The maximum absolute atomic E-state index is 11.6. The van der Waals surface area contributed by atoms with Crippen molar-refractivity contribution in [2.45, 2.75) is 39.4 Å². The summed E-state index contributed by atoms with van der Waals surface area (Å²) in [5.41, 5.74) is 1.11. The third-order valence-corrected chi connectivity index (χ3v) is 3.18. The van der Waals surface area contributed by atoms with Crippen LogP contribution < -0.4 is 10.6 Å². The number of carbonyl (C=O) groups is 2. The van der Waals surface area contributed by atoms with Crippen LogP contribution in [0.2, 0.25) is 0 Å². The summed E-state index contributed by atoms with van der Waals surface area (Å²) in [5.74, 6) is 0.292. The van der Waals surface area contributed by atoms with Crippen LogP contribution in [0.3, 0.4) is 0 Å². The van der Waals surface area contributed by atoms with Crippen molar-refractivity contribution in [3.8, 4) is 0 Å². The zero-order valence-electron chi connectivity index (χ0n) is 14.8. The number of hydrogen-bond acceptors (Lipinski definition) is 4. The first-order valence-corrected chi connectivity index (χ1v) is 8.20. The Morgan fingerprint density at radius 1 is 1.24 bits per heavy atom. The van der Waals surface area contributed by atoms with E-state index in [0.29, 0.717) is 31.0 Å². The van der Waals surface area contributed by atoms with Gasteiger partial charge in [0, 0.05) is 12.6 Å². The van der Waals surface area contributed by atoms with Crippen LogP contribution in [0.25, 0.3) is 0 Å². The van der Waals surface area contributed by atoms with E-state index in [1.165, 1.54) is 6.08 Å². The predicted octanol–water partition coefficient (Wildman–Crippen LogP) is 3.02. The minimum Gasteiger partial charge on any atom is -0.487 e. The van der Waals surface area contributed by atoms with Gasteiger partial charge in [0.05, 0.1) is 5.70 Å². The van der Waals surface area contributed by atoms with Crippen molar-refractivity contribution < 1.29 is 19.1 Å². The fourth-order valence-electron chi connectivity index (χ4n) is 2.14. The van der Waals surface area contributed by atoms with Gasteiger partial charge in [-0.2, -0.15) is 0 Å². The second-order valence-corrected chi connectivity index (χ2v) is 6.61. The quantitative estimate of drug-likeness (QED) is 0.778. The third-order valence-electron chi connectivity index (χ3n) is 3.18. The van der Waals surface area contributed by atoms with Gasteiger partial charge in [0.1, 0.15) is 18.0 Å². The van der Waals surface area contributed by atoms with Crippen molar-refractivity contribution >= 4 is 12.0 Å². The third kappa shape index (κ3) is 6.71. The van der Waals surface area contributed by atoms with Crippen LogP contribution in [0.15, 0.2) is 53.9 Å². The van der Waals surface area contributed by atoms with Gasteiger partial charge in [-0.1, -0.05) is 36.4 Å². The highest BCUT2D eigenvalue weighted by Crippen LogP contribution is 2.17. The van der Waals surface area contributed by atoms with Gasteiger partial charge >= 0.3 is 6.09 Å². The summed E-state index contributed by atoms with van der Waals surface area (Å²) in [7, 11) is 0. The second kappa shape index (κ2) is 8.37. The molecular weight excluding hydrogens is 320 g/mol.